The van der Waals surface area contributed by atoms with Crippen LogP contribution in [0, 0.1) is 27.7 Å². The molecule has 0 aliphatic carbocycles. The van der Waals surface area contributed by atoms with Crippen molar-refractivity contribution in [1.82, 2.24) is 9.62 Å². The number of anilines is 1. The number of nitrogens with zero attached hydrogens (tertiary/aromatic N) is 2. The van der Waals surface area contributed by atoms with E-state index >= 15 is 0 Å². The fraction of sp³-hybridized carbons (Fsp3) is 0.440. The molecule has 0 bridgehead atoms. The Labute approximate surface area is 196 Å². The number of amides is 1. The molecule has 1 heterocycles. The number of benzene rings is 2. The molecule has 0 unspecified atom stereocenters. The summed E-state index contributed by atoms with van der Waals surface area (Å²) in [6, 6.07) is 8.56. The van der Waals surface area contributed by atoms with Gasteiger partial charge in [0.15, 0.2) is 5.78 Å². The van der Waals surface area contributed by atoms with Crippen LogP contribution in [-0.2, 0) is 14.8 Å². The molecule has 1 N–H and O–H groups in total. The molecule has 0 aromatic heterocycles. The van der Waals surface area contributed by atoms with Gasteiger partial charge in [0, 0.05) is 37.4 Å². The minimum Gasteiger partial charge on any atom is -0.368 e. The number of hydrogen-bond donors (Lipinski definition) is 1. The van der Waals surface area contributed by atoms with Crippen LogP contribution in [-0.4, -0.2) is 57.2 Å². The van der Waals surface area contributed by atoms with Gasteiger partial charge < -0.3 is 9.80 Å². The predicted molar refractivity (Wildman–Crippen MR) is 130 cm³/mol. The van der Waals surface area contributed by atoms with Crippen LogP contribution in [0.4, 0.5) is 5.69 Å². The minimum absolute atomic E-state index is 0.0274. The van der Waals surface area contributed by atoms with E-state index in [9.17, 15) is 18.0 Å². The molecule has 178 valence electrons. The number of carbonyl (C=O) groups is 2. The first-order valence-corrected chi connectivity index (χ1v) is 12.6. The number of aryl methyl sites for hydroxylation is 2. The lowest BCUT2D eigenvalue weighted by atomic mass is 10.0. The van der Waals surface area contributed by atoms with Crippen molar-refractivity contribution in [3.8, 4) is 0 Å². The van der Waals surface area contributed by atoms with Gasteiger partial charge in [-0.05, 0) is 88.1 Å². The van der Waals surface area contributed by atoms with Crippen molar-refractivity contribution in [2.24, 2.45) is 0 Å². The normalized spacial score (nSPS) is 15.5. The summed E-state index contributed by atoms with van der Waals surface area (Å²) in [6.45, 7) is 12.8. The number of ketones is 1. The second-order valence-electron chi connectivity index (χ2n) is 8.85. The summed E-state index contributed by atoms with van der Waals surface area (Å²) in [5.41, 5.74) is 4.89. The number of sulfonamides is 1. The average Bonchev–Trinajstić information content (AvgIpc) is 2.77. The number of rotatable bonds is 6. The molecule has 1 fully saturated rings. The van der Waals surface area contributed by atoms with E-state index in [1.54, 1.807) is 25.7 Å². The summed E-state index contributed by atoms with van der Waals surface area (Å²) in [4.78, 5) is 28.6. The van der Waals surface area contributed by atoms with E-state index in [0.717, 1.165) is 16.8 Å². The van der Waals surface area contributed by atoms with Crippen LogP contribution in [0.2, 0.25) is 0 Å². The van der Waals surface area contributed by atoms with E-state index < -0.39 is 16.1 Å². The highest BCUT2D eigenvalue weighted by Crippen LogP contribution is 2.26. The fourth-order valence-electron chi connectivity index (χ4n) is 4.29. The third-order valence-corrected chi connectivity index (χ3v) is 8.31. The summed E-state index contributed by atoms with van der Waals surface area (Å²) in [5.74, 6) is -0.204. The largest absolute Gasteiger partial charge is 0.368 e. The monoisotopic (exact) mass is 471 g/mol. The predicted octanol–water partition coefficient (Wildman–Crippen LogP) is 3.14. The van der Waals surface area contributed by atoms with Gasteiger partial charge in [0.05, 0.1) is 10.9 Å². The second-order valence-corrected chi connectivity index (χ2v) is 10.5. The number of piperazine rings is 1. The molecule has 8 heteroatoms. The van der Waals surface area contributed by atoms with Gasteiger partial charge >= 0.3 is 0 Å². The van der Waals surface area contributed by atoms with Crippen LogP contribution < -0.4 is 9.62 Å². The molecular weight excluding hydrogens is 438 g/mol. The fourth-order valence-corrected chi connectivity index (χ4v) is 6.10. The van der Waals surface area contributed by atoms with Gasteiger partial charge in [-0.3, -0.25) is 9.59 Å². The summed E-state index contributed by atoms with van der Waals surface area (Å²) in [7, 11) is -3.85. The molecule has 1 aliphatic heterocycles. The minimum atomic E-state index is -3.85. The van der Waals surface area contributed by atoms with Crippen LogP contribution in [0.15, 0.2) is 35.2 Å². The van der Waals surface area contributed by atoms with Gasteiger partial charge in [-0.15, -0.1) is 0 Å². The highest BCUT2D eigenvalue weighted by molar-refractivity contribution is 7.89. The quantitative estimate of drug-likeness (QED) is 0.654. The first kappa shape index (κ1) is 24.9. The average molecular weight is 472 g/mol. The number of Topliss-reactive ketones (excluding diaryl/α,β-unsaturated/α-hetero) is 1. The zero-order valence-electron chi connectivity index (χ0n) is 20.2. The Bertz CT molecular complexity index is 1140. The number of nitrogens with one attached hydrogen (secondary N) is 1. The molecule has 1 aliphatic rings. The molecule has 0 saturated carbocycles. The van der Waals surface area contributed by atoms with Crippen molar-refractivity contribution in [2.75, 3.05) is 31.1 Å². The number of hydrogen-bond acceptors (Lipinski definition) is 5. The van der Waals surface area contributed by atoms with Gasteiger partial charge in [0.1, 0.15) is 0 Å². The second kappa shape index (κ2) is 9.65. The van der Waals surface area contributed by atoms with E-state index in [1.807, 2.05) is 44.2 Å². The molecule has 0 radical (unpaired) electrons. The molecular formula is C25H33N3O4S. The maximum absolute atomic E-state index is 13.2. The Morgan fingerprint density at radius 1 is 0.909 bits per heavy atom. The molecule has 1 saturated heterocycles. The van der Waals surface area contributed by atoms with Crippen LogP contribution >= 0.6 is 0 Å². The molecule has 33 heavy (non-hydrogen) atoms. The molecule has 0 spiro atoms. The zero-order chi connectivity index (χ0) is 24.5. The van der Waals surface area contributed by atoms with Crippen molar-refractivity contribution in [3.05, 3.63) is 58.1 Å². The van der Waals surface area contributed by atoms with Crippen LogP contribution in [0.3, 0.4) is 0 Å². The molecule has 1 amide bonds. The van der Waals surface area contributed by atoms with Crippen molar-refractivity contribution in [1.29, 1.82) is 0 Å². The summed E-state index contributed by atoms with van der Waals surface area (Å²) in [5, 5.41) is 0. The first-order chi connectivity index (χ1) is 15.4. The third-order valence-electron chi connectivity index (χ3n) is 6.50. The SMILES string of the molecule is CC(=O)c1ccc(N2CCN(C(=O)[C@H](C)NS(=O)(=O)c3c(C)c(C)cc(C)c3C)CC2)cc1. The Balaban J connectivity index is 1.66. The maximum Gasteiger partial charge on any atom is 0.241 e. The topological polar surface area (TPSA) is 86.8 Å². The van der Waals surface area contributed by atoms with Crippen LogP contribution in [0.1, 0.15) is 46.5 Å². The Morgan fingerprint density at radius 3 is 1.91 bits per heavy atom. The third kappa shape index (κ3) is 5.28. The molecule has 2 aromatic rings. The van der Waals surface area contributed by atoms with E-state index in [-0.39, 0.29) is 16.6 Å². The Kier molecular flexibility index (Phi) is 7.29. The van der Waals surface area contributed by atoms with Crippen LogP contribution in [0.25, 0.3) is 0 Å². The number of carbonyl (C=O) groups excluding carboxylic acids is 2. The van der Waals surface area contributed by atoms with Crippen molar-refractivity contribution >= 4 is 27.4 Å². The van der Waals surface area contributed by atoms with E-state index in [4.69, 9.17) is 0 Å². The molecule has 1 atom stereocenters. The summed E-state index contributed by atoms with van der Waals surface area (Å²) in [6.07, 6.45) is 0. The molecule has 3 rings (SSSR count). The van der Waals surface area contributed by atoms with Gasteiger partial charge in [0.25, 0.3) is 0 Å². The Hall–Kier alpha value is -2.71. The van der Waals surface area contributed by atoms with Gasteiger partial charge in [-0.1, -0.05) is 6.07 Å². The lowest BCUT2D eigenvalue weighted by Crippen LogP contribution is -2.54. The van der Waals surface area contributed by atoms with Crippen molar-refractivity contribution < 1.29 is 18.0 Å². The van der Waals surface area contributed by atoms with Gasteiger partial charge in [0.2, 0.25) is 15.9 Å². The summed E-state index contributed by atoms with van der Waals surface area (Å²) < 4.78 is 28.9. The molecule has 2 aromatic carbocycles. The lowest BCUT2D eigenvalue weighted by Gasteiger charge is -2.37. The van der Waals surface area contributed by atoms with Crippen molar-refractivity contribution in [2.45, 2.75) is 52.5 Å². The molecule has 7 nitrogen and oxygen atoms in total. The zero-order valence-corrected chi connectivity index (χ0v) is 21.0. The van der Waals surface area contributed by atoms with Gasteiger partial charge in [-0.25, -0.2) is 8.42 Å². The highest BCUT2D eigenvalue weighted by Gasteiger charge is 2.30. The van der Waals surface area contributed by atoms with E-state index in [2.05, 4.69) is 9.62 Å². The first-order valence-electron chi connectivity index (χ1n) is 11.2. The van der Waals surface area contributed by atoms with Crippen LogP contribution in [0.5, 0.6) is 0 Å². The van der Waals surface area contributed by atoms with E-state index in [1.165, 1.54) is 6.92 Å². The lowest BCUT2D eigenvalue weighted by molar-refractivity contribution is -0.132. The maximum atomic E-state index is 13.2. The smallest absolute Gasteiger partial charge is 0.241 e. The standard InChI is InChI=1S/C25H33N3O4S/c1-16-15-17(2)19(4)24(18(16)3)33(31,32)26-20(5)25(30)28-13-11-27(12-14-28)23-9-7-22(8-10-23)21(6)29/h7-10,15,20,26H,11-14H2,1-6H3/t20-/m0/s1. The van der Waals surface area contributed by atoms with Crippen molar-refractivity contribution in [3.63, 3.8) is 0 Å². The highest BCUT2D eigenvalue weighted by atomic mass is 32.2. The van der Waals surface area contributed by atoms with E-state index in [0.29, 0.717) is 42.9 Å². The van der Waals surface area contributed by atoms with Gasteiger partial charge in [-0.2, -0.15) is 4.72 Å². The summed E-state index contributed by atoms with van der Waals surface area (Å²) >= 11 is 0. The Morgan fingerprint density at radius 2 is 1.42 bits per heavy atom.